The highest BCUT2D eigenvalue weighted by molar-refractivity contribution is 7.09. The topological polar surface area (TPSA) is 33.2 Å². The highest BCUT2D eigenvalue weighted by Gasteiger charge is 2.23. The predicted octanol–water partition coefficient (Wildman–Crippen LogP) is 3.32. The third-order valence-corrected chi connectivity index (χ3v) is 3.75. The lowest BCUT2D eigenvalue weighted by molar-refractivity contribution is 0.0676. The van der Waals surface area contributed by atoms with E-state index < -0.39 is 0 Å². The zero-order chi connectivity index (χ0) is 12.8. The van der Waals surface area contributed by atoms with E-state index in [1.54, 1.807) is 0 Å². The normalized spacial score (nSPS) is 10.9. The van der Waals surface area contributed by atoms with Gasteiger partial charge in [-0.3, -0.25) is 4.79 Å². The van der Waals surface area contributed by atoms with Crippen molar-refractivity contribution in [2.45, 2.75) is 39.7 Å². The standard InChI is InChI=1S/C12H19ClN2OS/c1-4-10(5-2)15(7-6-13)12(16)11-8-17-9(3)14-11/h8,10H,4-7H2,1-3H3. The van der Waals surface area contributed by atoms with Gasteiger partial charge in [-0.05, 0) is 19.8 Å². The van der Waals surface area contributed by atoms with Crippen LogP contribution in [0.25, 0.3) is 0 Å². The lowest BCUT2D eigenvalue weighted by atomic mass is 10.1. The fraction of sp³-hybridized carbons (Fsp3) is 0.667. The summed E-state index contributed by atoms with van der Waals surface area (Å²) in [6, 6.07) is 0.253. The molecule has 3 nitrogen and oxygen atoms in total. The van der Waals surface area contributed by atoms with Crippen LogP contribution in [0.2, 0.25) is 0 Å². The van der Waals surface area contributed by atoms with Crippen LogP contribution < -0.4 is 0 Å². The van der Waals surface area contributed by atoms with Gasteiger partial charge >= 0.3 is 0 Å². The molecule has 0 aromatic carbocycles. The highest BCUT2D eigenvalue weighted by Crippen LogP contribution is 2.15. The summed E-state index contributed by atoms with van der Waals surface area (Å²) < 4.78 is 0. The van der Waals surface area contributed by atoms with E-state index in [1.165, 1.54) is 11.3 Å². The van der Waals surface area contributed by atoms with Crippen molar-refractivity contribution in [3.63, 3.8) is 0 Å². The van der Waals surface area contributed by atoms with E-state index in [0.717, 1.165) is 17.8 Å². The Balaban J connectivity index is 2.86. The third-order valence-electron chi connectivity index (χ3n) is 2.81. The van der Waals surface area contributed by atoms with E-state index in [-0.39, 0.29) is 11.9 Å². The third kappa shape index (κ3) is 3.68. The molecule has 0 aliphatic rings. The number of alkyl halides is 1. The molecule has 5 heteroatoms. The molecule has 0 saturated carbocycles. The maximum atomic E-state index is 12.3. The molecule has 0 atom stereocenters. The summed E-state index contributed by atoms with van der Waals surface area (Å²) in [5.41, 5.74) is 0.546. The van der Waals surface area contributed by atoms with Crippen molar-refractivity contribution in [2.75, 3.05) is 12.4 Å². The van der Waals surface area contributed by atoms with Crippen molar-refractivity contribution < 1.29 is 4.79 Å². The number of nitrogens with zero attached hydrogens (tertiary/aromatic N) is 2. The van der Waals surface area contributed by atoms with Crippen LogP contribution in [0.1, 0.15) is 42.2 Å². The maximum Gasteiger partial charge on any atom is 0.273 e. The first kappa shape index (κ1) is 14.5. The second kappa shape index (κ2) is 6.97. The van der Waals surface area contributed by atoms with Crippen molar-refractivity contribution in [1.82, 2.24) is 9.88 Å². The molecule has 1 amide bonds. The van der Waals surface area contributed by atoms with E-state index in [9.17, 15) is 4.79 Å². The molecule has 1 heterocycles. The van der Waals surface area contributed by atoms with E-state index >= 15 is 0 Å². The number of carbonyl (C=O) groups is 1. The first-order valence-corrected chi connectivity index (χ1v) is 7.34. The van der Waals surface area contributed by atoms with Crippen LogP contribution in [0.4, 0.5) is 0 Å². The van der Waals surface area contributed by atoms with Crippen molar-refractivity contribution in [2.24, 2.45) is 0 Å². The minimum atomic E-state index is 0.00343. The number of rotatable bonds is 6. The molecule has 0 aliphatic carbocycles. The number of hydrogen-bond donors (Lipinski definition) is 0. The first-order valence-electron chi connectivity index (χ1n) is 5.93. The van der Waals surface area contributed by atoms with Crippen LogP contribution in [-0.4, -0.2) is 34.3 Å². The van der Waals surface area contributed by atoms with Crippen LogP contribution in [0.5, 0.6) is 0 Å². The van der Waals surface area contributed by atoms with Gasteiger partial charge in [-0.1, -0.05) is 13.8 Å². The smallest absolute Gasteiger partial charge is 0.273 e. The van der Waals surface area contributed by atoms with Gasteiger partial charge in [-0.15, -0.1) is 22.9 Å². The summed E-state index contributed by atoms with van der Waals surface area (Å²) in [6.45, 7) is 6.68. The fourth-order valence-electron chi connectivity index (χ4n) is 1.88. The summed E-state index contributed by atoms with van der Waals surface area (Å²) in [4.78, 5) is 18.4. The molecule has 0 aliphatic heterocycles. The number of amides is 1. The minimum Gasteiger partial charge on any atom is -0.333 e. The fourth-order valence-corrected chi connectivity index (χ4v) is 2.65. The molecule has 1 aromatic rings. The summed E-state index contributed by atoms with van der Waals surface area (Å²) in [5.74, 6) is 0.467. The molecule has 0 saturated heterocycles. The van der Waals surface area contributed by atoms with Gasteiger partial charge in [-0.25, -0.2) is 4.98 Å². The van der Waals surface area contributed by atoms with Gasteiger partial charge in [0.05, 0.1) is 5.01 Å². The Labute approximate surface area is 112 Å². The van der Waals surface area contributed by atoms with E-state index in [2.05, 4.69) is 18.8 Å². The molecule has 0 fully saturated rings. The van der Waals surface area contributed by atoms with Gasteiger partial charge < -0.3 is 4.90 Å². The molecule has 17 heavy (non-hydrogen) atoms. The van der Waals surface area contributed by atoms with Crippen molar-refractivity contribution in [3.8, 4) is 0 Å². The van der Waals surface area contributed by atoms with Gasteiger partial charge in [0.2, 0.25) is 0 Å². The molecule has 1 rings (SSSR count). The lowest BCUT2D eigenvalue weighted by Gasteiger charge is -2.29. The van der Waals surface area contributed by atoms with Gasteiger partial charge in [0.25, 0.3) is 5.91 Å². The predicted molar refractivity (Wildman–Crippen MR) is 73.0 cm³/mol. The quantitative estimate of drug-likeness (QED) is 0.746. The van der Waals surface area contributed by atoms with E-state index in [0.29, 0.717) is 18.1 Å². The zero-order valence-electron chi connectivity index (χ0n) is 10.6. The molecule has 0 spiro atoms. The molecule has 96 valence electrons. The number of thiazole rings is 1. The molecular formula is C12H19ClN2OS. The van der Waals surface area contributed by atoms with Crippen LogP contribution in [0.3, 0.4) is 0 Å². The highest BCUT2D eigenvalue weighted by atomic mass is 35.5. The first-order chi connectivity index (χ1) is 8.13. The largest absolute Gasteiger partial charge is 0.333 e. The summed E-state index contributed by atoms with van der Waals surface area (Å²) in [5, 5.41) is 2.74. The molecule has 0 N–H and O–H groups in total. The van der Waals surface area contributed by atoms with Crippen molar-refractivity contribution in [3.05, 3.63) is 16.1 Å². The van der Waals surface area contributed by atoms with Gasteiger partial charge in [0, 0.05) is 23.8 Å². The summed E-state index contributed by atoms with van der Waals surface area (Å²) in [7, 11) is 0. The molecule has 1 aromatic heterocycles. The number of hydrogen-bond acceptors (Lipinski definition) is 3. The van der Waals surface area contributed by atoms with Crippen LogP contribution in [0, 0.1) is 6.92 Å². The minimum absolute atomic E-state index is 0.00343. The number of aryl methyl sites for hydroxylation is 1. The Hall–Kier alpha value is -0.610. The monoisotopic (exact) mass is 274 g/mol. The average molecular weight is 275 g/mol. The Kier molecular flexibility index (Phi) is 5.92. The van der Waals surface area contributed by atoms with Crippen LogP contribution in [-0.2, 0) is 0 Å². The van der Waals surface area contributed by atoms with Crippen LogP contribution in [0.15, 0.2) is 5.38 Å². The number of carbonyl (C=O) groups excluding carboxylic acids is 1. The Bertz CT molecular complexity index is 363. The van der Waals surface area contributed by atoms with Crippen molar-refractivity contribution >= 4 is 28.8 Å². The van der Waals surface area contributed by atoms with Crippen LogP contribution >= 0.6 is 22.9 Å². The summed E-state index contributed by atoms with van der Waals surface area (Å²) >= 11 is 7.28. The van der Waals surface area contributed by atoms with Gasteiger partial charge in [0.15, 0.2) is 0 Å². The SMILES string of the molecule is CCC(CC)N(CCCl)C(=O)c1csc(C)n1. The second-order valence-corrected chi connectivity index (χ2v) is 5.35. The lowest BCUT2D eigenvalue weighted by Crippen LogP contribution is -2.41. The van der Waals surface area contributed by atoms with Gasteiger partial charge in [-0.2, -0.15) is 0 Å². The Morgan fingerprint density at radius 1 is 1.53 bits per heavy atom. The van der Waals surface area contributed by atoms with E-state index in [1.807, 2.05) is 17.2 Å². The number of aromatic nitrogens is 1. The van der Waals surface area contributed by atoms with E-state index in [4.69, 9.17) is 11.6 Å². The zero-order valence-corrected chi connectivity index (χ0v) is 12.1. The second-order valence-electron chi connectivity index (χ2n) is 3.91. The Morgan fingerprint density at radius 2 is 2.18 bits per heavy atom. The van der Waals surface area contributed by atoms with Crippen molar-refractivity contribution in [1.29, 1.82) is 0 Å². The molecular weight excluding hydrogens is 256 g/mol. The maximum absolute atomic E-state index is 12.3. The van der Waals surface area contributed by atoms with Gasteiger partial charge in [0.1, 0.15) is 5.69 Å². The number of halogens is 1. The average Bonchev–Trinajstić information content (AvgIpc) is 2.75. The molecule has 0 unspecified atom stereocenters. The molecule has 0 bridgehead atoms. The summed E-state index contributed by atoms with van der Waals surface area (Å²) in [6.07, 6.45) is 1.89. The molecule has 0 radical (unpaired) electrons. The Morgan fingerprint density at radius 3 is 2.59 bits per heavy atom.